The van der Waals surface area contributed by atoms with E-state index in [1.165, 1.54) is 0 Å². The molecule has 0 saturated carbocycles. The first-order valence-corrected chi connectivity index (χ1v) is 7.31. The lowest BCUT2D eigenvalue weighted by Crippen LogP contribution is -2.43. The second-order valence-corrected chi connectivity index (χ2v) is 5.41. The molecule has 1 saturated heterocycles. The Bertz CT molecular complexity index is 578. The van der Waals surface area contributed by atoms with Crippen LogP contribution in [0.15, 0.2) is 18.7 Å². The van der Waals surface area contributed by atoms with Crippen LogP contribution in [0.1, 0.15) is 39.5 Å². The molecule has 1 fully saturated rings. The van der Waals surface area contributed by atoms with Gasteiger partial charge in [-0.25, -0.2) is 4.98 Å². The van der Waals surface area contributed by atoms with E-state index in [0.717, 1.165) is 43.8 Å². The Labute approximate surface area is 118 Å². The van der Waals surface area contributed by atoms with E-state index in [1.54, 1.807) is 12.5 Å². The lowest BCUT2D eigenvalue weighted by molar-refractivity contribution is -0.0864. The molecule has 1 N–H and O–H groups in total. The molecule has 0 bridgehead atoms. The molecule has 1 atom stereocenters. The molecule has 0 amide bonds. The first-order chi connectivity index (χ1) is 9.76. The fourth-order valence-electron chi connectivity index (χ4n) is 2.95. The summed E-state index contributed by atoms with van der Waals surface area (Å²) in [6, 6.07) is 0.374. The van der Waals surface area contributed by atoms with Gasteiger partial charge in [0.25, 0.3) is 0 Å². The molecular formula is C14H21N5O. The summed E-state index contributed by atoms with van der Waals surface area (Å²) in [4.78, 5) is 4.40. The van der Waals surface area contributed by atoms with Crippen molar-refractivity contribution >= 4 is 11.5 Å². The highest BCUT2D eigenvalue weighted by Gasteiger charge is 2.34. The van der Waals surface area contributed by atoms with Gasteiger partial charge in [0.05, 0.1) is 5.60 Å². The van der Waals surface area contributed by atoms with Gasteiger partial charge in [0.1, 0.15) is 6.33 Å². The molecule has 1 aliphatic rings. The van der Waals surface area contributed by atoms with E-state index in [2.05, 4.69) is 34.3 Å². The van der Waals surface area contributed by atoms with E-state index in [4.69, 9.17) is 4.74 Å². The highest BCUT2D eigenvalue weighted by molar-refractivity contribution is 5.61. The van der Waals surface area contributed by atoms with Crippen LogP contribution in [0.25, 0.3) is 5.65 Å². The SMILES string of the molecule is CCC1(CC)CC(Nc2nccn3cnnc23)CCO1. The van der Waals surface area contributed by atoms with Crippen molar-refractivity contribution in [3.8, 4) is 0 Å². The third-order valence-corrected chi connectivity index (χ3v) is 4.34. The van der Waals surface area contributed by atoms with Crippen molar-refractivity contribution in [3.05, 3.63) is 18.7 Å². The third-order valence-electron chi connectivity index (χ3n) is 4.34. The number of nitrogens with one attached hydrogen (secondary N) is 1. The Morgan fingerprint density at radius 2 is 2.30 bits per heavy atom. The maximum atomic E-state index is 6.01. The molecule has 2 aromatic heterocycles. The average molecular weight is 275 g/mol. The number of ether oxygens (including phenoxy) is 1. The van der Waals surface area contributed by atoms with Crippen LogP contribution in [0, 0.1) is 0 Å². The molecule has 1 aliphatic heterocycles. The van der Waals surface area contributed by atoms with Gasteiger partial charge in [-0.05, 0) is 25.7 Å². The summed E-state index contributed by atoms with van der Waals surface area (Å²) >= 11 is 0. The normalized spacial score (nSPS) is 22.0. The first kappa shape index (κ1) is 13.3. The summed E-state index contributed by atoms with van der Waals surface area (Å²) in [5.41, 5.74) is 0.784. The smallest absolute Gasteiger partial charge is 0.203 e. The third kappa shape index (κ3) is 2.35. The van der Waals surface area contributed by atoms with E-state index in [1.807, 2.05) is 10.6 Å². The minimum Gasteiger partial charge on any atom is -0.375 e. The van der Waals surface area contributed by atoms with Crippen molar-refractivity contribution in [3.63, 3.8) is 0 Å². The van der Waals surface area contributed by atoms with E-state index < -0.39 is 0 Å². The van der Waals surface area contributed by atoms with Gasteiger partial charge in [0.2, 0.25) is 5.65 Å². The highest BCUT2D eigenvalue weighted by atomic mass is 16.5. The zero-order valence-electron chi connectivity index (χ0n) is 12.0. The highest BCUT2D eigenvalue weighted by Crippen LogP contribution is 2.32. The molecule has 2 aromatic rings. The molecule has 0 aromatic carbocycles. The molecule has 6 nitrogen and oxygen atoms in total. The van der Waals surface area contributed by atoms with Crippen molar-refractivity contribution in [1.29, 1.82) is 0 Å². The molecule has 20 heavy (non-hydrogen) atoms. The van der Waals surface area contributed by atoms with E-state index >= 15 is 0 Å². The fourth-order valence-corrected chi connectivity index (χ4v) is 2.95. The van der Waals surface area contributed by atoms with Crippen molar-refractivity contribution in [1.82, 2.24) is 19.6 Å². The van der Waals surface area contributed by atoms with Crippen LogP contribution < -0.4 is 5.32 Å². The molecule has 0 radical (unpaired) electrons. The van der Waals surface area contributed by atoms with Crippen LogP contribution in [0.3, 0.4) is 0 Å². The number of hydrogen-bond donors (Lipinski definition) is 1. The minimum atomic E-state index is 0.00859. The van der Waals surface area contributed by atoms with Gasteiger partial charge in [-0.2, -0.15) is 0 Å². The lowest BCUT2D eigenvalue weighted by atomic mass is 9.86. The zero-order valence-corrected chi connectivity index (χ0v) is 12.0. The standard InChI is InChI=1S/C14H21N5O/c1-3-14(4-2)9-11(5-8-20-14)17-12-13-18-16-10-19(13)7-6-15-12/h6-7,10-11H,3-5,8-9H2,1-2H3,(H,15,17). The Morgan fingerprint density at radius 1 is 1.45 bits per heavy atom. The van der Waals surface area contributed by atoms with E-state index in [9.17, 15) is 0 Å². The number of rotatable bonds is 4. The summed E-state index contributed by atoms with van der Waals surface area (Å²) < 4.78 is 7.89. The van der Waals surface area contributed by atoms with Gasteiger partial charge in [0, 0.05) is 25.0 Å². The van der Waals surface area contributed by atoms with E-state index in [0.29, 0.717) is 6.04 Å². The molecule has 3 rings (SSSR count). The quantitative estimate of drug-likeness (QED) is 0.927. The Morgan fingerprint density at radius 3 is 3.10 bits per heavy atom. The van der Waals surface area contributed by atoms with E-state index in [-0.39, 0.29) is 5.60 Å². The number of nitrogens with zero attached hydrogens (tertiary/aromatic N) is 4. The van der Waals surface area contributed by atoms with Crippen molar-refractivity contribution in [2.45, 2.75) is 51.2 Å². The maximum Gasteiger partial charge on any atom is 0.203 e. The lowest BCUT2D eigenvalue weighted by Gasteiger charge is -2.40. The molecule has 6 heteroatoms. The first-order valence-electron chi connectivity index (χ1n) is 7.31. The topological polar surface area (TPSA) is 64.3 Å². The van der Waals surface area contributed by atoms with Crippen LogP contribution in [0.5, 0.6) is 0 Å². The number of hydrogen-bond acceptors (Lipinski definition) is 5. The van der Waals surface area contributed by atoms with Gasteiger partial charge in [-0.15, -0.1) is 10.2 Å². The van der Waals surface area contributed by atoms with Crippen LogP contribution >= 0.6 is 0 Å². The van der Waals surface area contributed by atoms with Gasteiger partial charge in [-0.3, -0.25) is 4.40 Å². The average Bonchev–Trinajstić information content (AvgIpc) is 2.97. The van der Waals surface area contributed by atoms with Gasteiger partial charge in [-0.1, -0.05) is 13.8 Å². The van der Waals surface area contributed by atoms with Gasteiger partial charge in [0.15, 0.2) is 5.82 Å². The molecule has 3 heterocycles. The van der Waals surface area contributed by atoms with Crippen LogP contribution in [0.4, 0.5) is 5.82 Å². The second-order valence-electron chi connectivity index (χ2n) is 5.41. The monoisotopic (exact) mass is 275 g/mol. The van der Waals surface area contributed by atoms with Gasteiger partial charge >= 0.3 is 0 Å². The molecular weight excluding hydrogens is 254 g/mol. The van der Waals surface area contributed by atoms with Crippen molar-refractivity contribution in [2.75, 3.05) is 11.9 Å². The number of anilines is 1. The summed E-state index contributed by atoms with van der Waals surface area (Å²) in [7, 11) is 0. The largest absolute Gasteiger partial charge is 0.375 e. The van der Waals surface area contributed by atoms with Gasteiger partial charge < -0.3 is 10.1 Å². The fraction of sp³-hybridized carbons (Fsp3) is 0.643. The van der Waals surface area contributed by atoms with Crippen LogP contribution in [0.2, 0.25) is 0 Å². The Balaban J connectivity index is 1.79. The molecule has 0 spiro atoms. The molecule has 108 valence electrons. The predicted octanol–water partition coefficient (Wildman–Crippen LogP) is 2.27. The van der Waals surface area contributed by atoms with Crippen molar-refractivity contribution < 1.29 is 4.74 Å². The zero-order chi connectivity index (χ0) is 14.0. The predicted molar refractivity (Wildman–Crippen MR) is 76.7 cm³/mol. The Hall–Kier alpha value is -1.69. The maximum absolute atomic E-state index is 6.01. The second kappa shape index (κ2) is 5.36. The van der Waals surface area contributed by atoms with Crippen LogP contribution in [-0.2, 0) is 4.74 Å². The van der Waals surface area contributed by atoms with Crippen LogP contribution in [-0.4, -0.2) is 37.8 Å². The molecule has 0 aliphatic carbocycles. The Kier molecular flexibility index (Phi) is 3.56. The summed E-state index contributed by atoms with van der Waals surface area (Å²) in [6.07, 6.45) is 9.41. The molecule has 1 unspecified atom stereocenters. The number of fused-ring (bicyclic) bond motifs is 1. The minimum absolute atomic E-state index is 0.00859. The van der Waals surface area contributed by atoms with Crippen molar-refractivity contribution in [2.24, 2.45) is 0 Å². The number of aromatic nitrogens is 4. The summed E-state index contributed by atoms with van der Waals surface area (Å²) in [5, 5.41) is 11.6. The summed E-state index contributed by atoms with van der Waals surface area (Å²) in [6.45, 7) is 5.20. The summed E-state index contributed by atoms with van der Waals surface area (Å²) in [5.74, 6) is 0.804.